The molecule has 1 aromatic carbocycles. The van der Waals surface area contributed by atoms with Gasteiger partial charge < -0.3 is 20.1 Å². The topological polar surface area (TPSA) is 61.8 Å². The highest BCUT2D eigenvalue weighted by Gasteiger charge is 2.37. The highest BCUT2D eigenvalue weighted by molar-refractivity contribution is 5.97. The predicted molar refractivity (Wildman–Crippen MR) is 75.1 cm³/mol. The zero-order valence-electron chi connectivity index (χ0n) is 11.6. The Morgan fingerprint density at radius 3 is 3.00 bits per heavy atom. The van der Waals surface area contributed by atoms with Crippen LogP contribution in [0.4, 0.5) is 0 Å². The maximum absolute atomic E-state index is 12.5. The first-order valence-corrected chi connectivity index (χ1v) is 7.08. The van der Waals surface area contributed by atoms with Gasteiger partial charge in [-0.25, -0.2) is 0 Å². The number of nitrogens with zero attached hydrogens (tertiary/aromatic N) is 1. The number of carbonyl (C=O) groups is 1. The molecule has 2 aliphatic heterocycles. The molecule has 0 aliphatic carbocycles. The summed E-state index contributed by atoms with van der Waals surface area (Å²) in [5.41, 5.74) is 0.351. The monoisotopic (exact) mass is 276 g/mol. The SMILES string of the molecule is COc1ccc(C(=O)N2C[C@@H]3CCCN[C@@H]3C2)c(O)c1. The molecule has 5 nitrogen and oxygen atoms in total. The predicted octanol–water partition coefficient (Wildman–Crippen LogP) is 1.22. The lowest BCUT2D eigenvalue weighted by Crippen LogP contribution is -2.41. The van der Waals surface area contributed by atoms with Crippen molar-refractivity contribution in [3.05, 3.63) is 23.8 Å². The van der Waals surface area contributed by atoms with Gasteiger partial charge in [0.25, 0.3) is 5.91 Å². The van der Waals surface area contributed by atoms with E-state index in [2.05, 4.69) is 5.32 Å². The fourth-order valence-electron chi connectivity index (χ4n) is 3.20. The third kappa shape index (κ3) is 2.33. The molecule has 0 bridgehead atoms. The number of rotatable bonds is 2. The van der Waals surface area contributed by atoms with Gasteiger partial charge in [-0.1, -0.05) is 0 Å². The second kappa shape index (κ2) is 5.32. The summed E-state index contributed by atoms with van der Waals surface area (Å²) in [5, 5.41) is 13.4. The van der Waals surface area contributed by atoms with Crippen LogP contribution in [0.1, 0.15) is 23.2 Å². The smallest absolute Gasteiger partial charge is 0.257 e. The Morgan fingerprint density at radius 1 is 1.45 bits per heavy atom. The summed E-state index contributed by atoms with van der Waals surface area (Å²) in [6.07, 6.45) is 2.35. The van der Waals surface area contributed by atoms with E-state index in [0.717, 1.165) is 19.6 Å². The van der Waals surface area contributed by atoms with Crippen molar-refractivity contribution in [2.75, 3.05) is 26.7 Å². The first kappa shape index (κ1) is 13.2. The number of benzene rings is 1. The maximum Gasteiger partial charge on any atom is 0.257 e. The number of nitrogens with one attached hydrogen (secondary N) is 1. The van der Waals surface area contributed by atoms with Gasteiger partial charge in [-0.3, -0.25) is 4.79 Å². The number of hydrogen-bond donors (Lipinski definition) is 2. The van der Waals surface area contributed by atoms with Crippen LogP contribution in [0.3, 0.4) is 0 Å². The van der Waals surface area contributed by atoms with Gasteiger partial charge in [0, 0.05) is 25.2 Å². The Hall–Kier alpha value is -1.75. The van der Waals surface area contributed by atoms with E-state index in [0.29, 0.717) is 23.3 Å². The summed E-state index contributed by atoms with van der Waals surface area (Å²) in [6.45, 7) is 2.55. The lowest BCUT2D eigenvalue weighted by Gasteiger charge is -2.24. The molecule has 2 fully saturated rings. The number of methoxy groups -OCH3 is 1. The Morgan fingerprint density at radius 2 is 2.30 bits per heavy atom. The quantitative estimate of drug-likeness (QED) is 0.853. The molecule has 0 unspecified atom stereocenters. The number of ether oxygens (including phenoxy) is 1. The fraction of sp³-hybridized carbons (Fsp3) is 0.533. The molecule has 2 atom stereocenters. The molecule has 1 amide bonds. The van der Waals surface area contributed by atoms with Gasteiger partial charge >= 0.3 is 0 Å². The van der Waals surface area contributed by atoms with Crippen LogP contribution < -0.4 is 10.1 Å². The van der Waals surface area contributed by atoms with Crippen LogP contribution in [-0.2, 0) is 0 Å². The first-order chi connectivity index (χ1) is 9.69. The average molecular weight is 276 g/mol. The molecule has 2 aliphatic rings. The van der Waals surface area contributed by atoms with E-state index in [1.807, 2.05) is 4.90 Å². The summed E-state index contributed by atoms with van der Waals surface area (Å²) in [5.74, 6) is 0.988. The van der Waals surface area contributed by atoms with Gasteiger partial charge in [0.1, 0.15) is 11.5 Å². The van der Waals surface area contributed by atoms with Crippen molar-refractivity contribution < 1.29 is 14.6 Å². The van der Waals surface area contributed by atoms with Gasteiger partial charge in [0.2, 0.25) is 0 Å². The number of carbonyl (C=O) groups excluding carboxylic acids is 1. The lowest BCUT2D eigenvalue weighted by molar-refractivity contribution is 0.0782. The molecule has 2 saturated heterocycles. The molecule has 0 aromatic heterocycles. The second-order valence-electron chi connectivity index (χ2n) is 5.56. The molecular weight excluding hydrogens is 256 g/mol. The number of phenolic OH excluding ortho intramolecular Hbond substituents is 1. The lowest BCUT2D eigenvalue weighted by atomic mass is 9.94. The van der Waals surface area contributed by atoms with Crippen molar-refractivity contribution in [3.63, 3.8) is 0 Å². The van der Waals surface area contributed by atoms with Crippen molar-refractivity contribution in [1.82, 2.24) is 10.2 Å². The molecule has 0 radical (unpaired) electrons. The largest absolute Gasteiger partial charge is 0.507 e. The van der Waals surface area contributed by atoms with E-state index in [1.54, 1.807) is 12.1 Å². The molecule has 0 saturated carbocycles. The van der Waals surface area contributed by atoms with Crippen molar-refractivity contribution >= 4 is 5.91 Å². The Kier molecular flexibility index (Phi) is 3.53. The van der Waals surface area contributed by atoms with Crippen molar-refractivity contribution in [1.29, 1.82) is 0 Å². The number of hydrogen-bond acceptors (Lipinski definition) is 4. The highest BCUT2D eigenvalue weighted by atomic mass is 16.5. The van der Waals surface area contributed by atoms with Crippen LogP contribution >= 0.6 is 0 Å². The van der Waals surface area contributed by atoms with Gasteiger partial charge in [0.05, 0.1) is 12.7 Å². The first-order valence-electron chi connectivity index (χ1n) is 7.08. The van der Waals surface area contributed by atoms with Gasteiger partial charge in [-0.15, -0.1) is 0 Å². The number of piperidine rings is 1. The van der Waals surface area contributed by atoms with Crippen molar-refractivity contribution in [2.24, 2.45) is 5.92 Å². The van der Waals surface area contributed by atoms with E-state index in [-0.39, 0.29) is 11.7 Å². The standard InChI is InChI=1S/C15H20N2O3/c1-20-11-4-5-12(14(18)7-11)15(19)17-8-10-3-2-6-16-13(10)9-17/h4-5,7,10,13,16,18H,2-3,6,8-9H2,1H3/t10-,13+/m0/s1. The number of fused-ring (bicyclic) bond motifs is 1. The number of phenols is 1. The minimum absolute atomic E-state index is 0.0165. The molecular formula is C15H20N2O3. The molecule has 108 valence electrons. The van der Waals surface area contributed by atoms with Gasteiger partial charge in [0.15, 0.2) is 0 Å². The molecule has 20 heavy (non-hydrogen) atoms. The third-order valence-corrected chi connectivity index (χ3v) is 4.32. The van der Waals surface area contributed by atoms with Crippen LogP contribution in [0.15, 0.2) is 18.2 Å². The van der Waals surface area contributed by atoms with Crippen LogP contribution in [-0.4, -0.2) is 48.7 Å². The van der Waals surface area contributed by atoms with Crippen LogP contribution in [0.25, 0.3) is 0 Å². The minimum Gasteiger partial charge on any atom is -0.507 e. The molecule has 0 spiro atoms. The Labute approximate surface area is 118 Å². The summed E-state index contributed by atoms with van der Waals surface area (Å²) in [4.78, 5) is 14.4. The number of aromatic hydroxyl groups is 1. The third-order valence-electron chi connectivity index (χ3n) is 4.32. The Bertz CT molecular complexity index is 504. The summed E-state index contributed by atoms with van der Waals surface area (Å²) < 4.78 is 5.04. The highest BCUT2D eigenvalue weighted by Crippen LogP contribution is 2.29. The summed E-state index contributed by atoms with van der Waals surface area (Å²) in [7, 11) is 1.53. The van der Waals surface area contributed by atoms with E-state index in [9.17, 15) is 9.90 Å². The minimum atomic E-state index is -0.0960. The Balaban J connectivity index is 1.76. The van der Waals surface area contributed by atoms with Gasteiger partial charge in [-0.2, -0.15) is 0 Å². The van der Waals surface area contributed by atoms with Crippen LogP contribution in [0.5, 0.6) is 11.5 Å². The zero-order chi connectivity index (χ0) is 14.1. The summed E-state index contributed by atoms with van der Waals surface area (Å²) >= 11 is 0. The molecule has 2 N–H and O–H groups in total. The molecule has 2 heterocycles. The molecule has 5 heteroatoms. The number of amides is 1. The van der Waals surface area contributed by atoms with E-state index < -0.39 is 0 Å². The molecule has 3 rings (SSSR count). The second-order valence-corrected chi connectivity index (χ2v) is 5.56. The van der Waals surface area contributed by atoms with Crippen LogP contribution in [0.2, 0.25) is 0 Å². The van der Waals surface area contributed by atoms with E-state index >= 15 is 0 Å². The fourth-order valence-corrected chi connectivity index (χ4v) is 3.20. The average Bonchev–Trinajstić information content (AvgIpc) is 2.90. The van der Waals surface area contributed by atoms with E-state index in [1.165, 1.54) is 26.0 Å². The van der Waals surface area contributed by atoms with Crippen molar-refractivity contribution in [2.45, 2.75) is 18.9 Å². The zero-order valence-corrected chi connectivity index (χ0v) is 11.6. The van der Waals surface area contributed by atoms with Crippen molar-refractivity contribution in [3.8, 4) is 11.5 Å². The number of likely N-dealkylation sites (tertiary alicyclic amines) is 1. The van der Waals surface area contributed by atoms with Gasteiger partial charge in [-0.05, 0) is 37.4 Å². The van der Waals surface area contributed by atoms with Crippen LogP contribution in [0, 0.1) is 5.92 Å². The van der Waals surface area contributed by atoms with E-state index in [4.69, 9.17) is 4.74 Å². The molecule has 1 aromatic rings. The summed E-state index contributed by atoms with van der Waals surface area (Å²) in [6, 6.07) is 5.22. The maximum atomic E-state index is 12.5. The normalized spacial score (nSPS) is 25.4.